The second-order valence-electron chi connectivity index (χ2n) is 8.77. The molecule has 0 bridgehead atoms. The molecule has 0 saturated carbocycles. The van der Waals surface area contributed by atoms with Crippen molar-refractivity contribution in [2.75, 3.05) is 6.61 Å². The Hall–Kier alpha value is -2.34. The predicted molar refractivity (Wildman–Crippen MR) is 128 cm³/mol. The molecular formula is C25H33BrN2O3. The van der Waals surface area contributed by atoms with Crippen LogP contribution in [0.15, 0.2) is 46.9 Å². The van der Waals surface area contributed by atoms with E-state index in [-0.39, 0.29) is 24.0 Å². The van der Waals surface area contributed by atoms with Crippen LogP contribution in [0.4, 0.5) is 0 Å². The summed E-state index contributed by atoms with van der Waals surface area (Å²) < 4.78 is 6.62. The number of rotatable bonds is 8. The van der Waals surface area contributed by atoms with Gasteiger partial charge in [0, 0.05) is 12.1 Å². The first kappa shape index (κ1) is 24.9. The molecule has 2 amide bonds. The van der Waals surface area contributed by atoms with Crippen molar-refractivity contribution >= 4 is 27.7 Å². The fourth-order valence-corrected chi connectivity index (χ4v) is 3.67. The highest BCUT2D eigenvalue weighted by Crippen LogP contribution is 2.26. The molecule has 0 saturated heterocycles. The van der Waals surface area contributed by atoms with Gasteiger partial charge in [-0.25, -0.2) is 0 Å². The summed E-state index contributed by atoms with van der Waals surface area (Å²) in [5, 5.41) is 2.97. The van der Waals surface area contributed by atoms with E-state index in [1.54, 1.807) is 11.8 Å². The van der Waals surface area contributed by atoms with Gasteiger partial charge in [-0.05, 0) is 85.8 Å². The van der Waals surface area contributed by atoms with Gasteiger partial charge < -0.3 is 15.0 Å². The summed E-state index contributed by atoms with van der Waals surface area (Å²) in [6.45, 7) is 11.8. The smallest absolute Gasteiger partial charge is 0.261 e. The van der Waals surface area contributed by atoms with Crippen molar-refractivity contribution in [3.8, 4) is 5.75 Å². The van der Waals surface area contributed by atoms with Crippen LogP contribution in [0, 0.1) is 6.92 Å². The van der Waals surface area contributed by atoms with E-state index in [4.69, 9.17) is 4.74 Å². The zero-order valence-corrected chi connectivity index (χ0v) is 20.9. The van der Waals surface area contributed by atoms with Gasteiger partial charge in [0.15, 0.2) is 6.61 Å². The number of ether oxygens (including phenoxy) is 1. The van der Waals surface area contributed by atoms with E-state index < -0.39 is 6.04 Å². The van der Waals surface area contributed by atoms with Gasteiger partial charge in [0.05, 0.1) is 4.47 Å². The van der Waals surface area contributed by atoms with Crippen molar-refractivity contribution in [3.63, 3.8) is 0 Å². The lowest BCUT2D eigenvalue weighted by atomic mass is 10.1. The van der Waals surface area contributed by atoms with Crippen molar-refractivity contribution in [2.24, 2.45) is 0 Å². The molecule has 1 N–H and O–H groups in total. The summed E-state index contributed by atoms with van der Waals surface area (Å²) in [4.78, 5) is 27.6. The van der Waals surface area contributed by atoms with Crippen molar-refractivity contribution in [3.05, 3.63) is 63.6 Å². The minimum Gasteiger partial charge on any atom is -0.483 e. The quantitative estimate of drug-likeness (QED) is 0.566. The molecule has 0 aliphatic heterocycles. The summed E-state index contributed by atoms with van der Waals surface area (Å²) in [7, 11) is 0. The van der Waals surface area contributed by atoms with Gasteiger partial charge >= 0.3 is 0 Å². The molecule has 0 aromatic heterocycles. The molecule has 6 heteroatoms. The number of hydrogen-bond donors (Lipinski definition) is 1. The Bertz CT molecular complexity index is 921. The van der Waals surface area contributed by atoms with Crippen LogP contribution in [0.5, 0.6) is 5.75 Å². The number of nitrogens with zero attached hydrogens (tertiary/aromatic N) is 1. The van der Waals surface area contributed by atoms with Gasteiger partial charge in [0.25, 0.3) is 5.91 Å². The van der Waals surface area contributed by atoms with Crippen molar-refractivity contribution in [1.82, 2.24) is 10.2 Å². The maximum absolute atomic E-state index is 13.2. The first-order valence-corrected chi connectivity index (χ1v) is 11.4. The maximum atomic E-state index is 13.2. The number of nitrogens with one attached hydrogen (secondary N) is 1. The van der Waals surface area contributed by atoms with Gasteiger partial charge in [-0.2, -0.15) is 0 Å². The number of benzene rings is 2. The lowest BCUT2D eigenvalue weighted by Crippen LogP contribution is -2.53. The molecular weight excluding hydrogens is 456 g/mol. The highest BCUT2D eigenvalue weighted by atomic mass is 79.9. The van der Waals surface area contributed by atoms with Gasteiger partial charge in [0.1, 0.15) is 11.8 Å². The van der Waals surface area contributed by atoms with Crippen LogP contribution in [-0.2, 0) is 22.6 Å². The molecule has 168 valence electrons. The summed E-state index contributed by atoms with van der Waals surface area (Å²) in [5.74, 6) is 0.169. The van der Waals surface area contributed by atoms with Crippen LogP contribution < -0.4 is 10.1 Å². The molecule has 5 nitrogen and oxygen atoms in total. The van der Waals surface area contributed by atoms with Crippen LogP contribution in [-0.4, -0.2) is 34.9 Å². The third kappa shape index (κ3) is 7.39. The summed E-state index contributed by atoms with van der Waals surface area (Å²) in [6, 6.07) is 13.1. The van der Waals surface area contributed by atoms with Crippen LogP contribution in [0.1, 0.15) is 51.3 Å². The molecule has 0 aliphatic carbocycles. The molecule has 0 spiro atoms. The fraction of sp³-hybridized carbons (Fsp3) is 0.440. The first-order chi connectivity index (χ1) is 14.5. The average molecular weight is 489 g/mol. The third-order valence-electron chi connectivity index (χ3n) is 5.02. The molecule has 1 atom stereocenters. The number of hydrogen-bond acceptors (Lipinski definition) is 3. The van der Waals surface area contributed by atoms with E-state index in [1.807, 2.05) is 70.2 Å². The Morgan fingerprint density at radius 2 is 1.84 bits per heavy atom. The molecule has 0 unspecified atom stereocenters. The van der Waals surface area contributed by atoms with E-state index in [2.05, 4.69) is 28.2 Å². The Kier molecular flexibility index (Phi) is 8.69. The zero-order valence-electron chi connectivity index (χ0n) is 19.3. The SMILES string of the molecule is CCc1ccc(OCC(=O)N(Cc2ccccc2C)[C@@H](C)C(=O)NC(C)(C)C)c(Br)c1. The van der Waals surface area contributed by atoms with Crippen LogP contribution in [0.25, 0.3) is 0 Å². The largest absolute Gasteiger partial charge is 0.483 e. The normalized spacial score (nSPS) is 12.2. The number of aryl methyl sites for hydroxylation is 2. The molecule has 0 heterocycles. The molecule has 0 aliphatic rings. The standard InChI is InChI=1S/C25H33BrN2O3/c1-7-19-12-13-22(21(26)14-19)31-16-23(29)28(15-20-11-9-8-10-17(20)2)18(3)24(30)27-25(4,5)6/h8-14,18H,7,15-16H2,1-6H3,(H,27,30)/t18-/m0/s1. The minimum absolute atomic E-state index is 0.150. The lowest BCUT2D eigenvalue weighted by Gasteiger charge is -2.31. The van der Waals surface area contributed by atoms with E-state index in [0.29, 0.717) is 12.3 Å². The Labute approximate surface area is 194 Å². The molecule has 2 rings (SSSR count). The Morgan fingerprint density at radius 3 is 2.42 bits per heavy atom. The van der Waals surface area contributed by atoms with Gasteiger partial charge in [0.2, 0.25) is 5.91 Å². The molecule has 0 radical (unpaired) electrons. The molecule has 2 aromatic carbocycles. The van der Waals surface area contributed by atoms with Crippen molar-refractivity contribution in [1.29, 1.82) is 0 Å². The maximum Gasteiger partial charge on any atom is 0.261 e. The van der Waals surface area contributed by atoms with E-state index in [9.17, 15) is 9.59 Å². The molecule has 0 fully saturated rings. The number of amides is 2. The summed E-state index contributed by atoms with van der Waals surface area (Å²) in [6.07, 6.45) is 0.919. The number of carbonyl (C=O) groups is 2. The van der Waals surface area contributed by atoms with E-state index >= 15 is 0 Å². The summed E-state index contributed by atoms with van der Waals surface area (Å²) >= 11 is 3.51. The van der Waals surface area contributed by atoms with Crippen LogP contribution in [0.3, 0.4) is 0 Å². The topological polar surface area (TPSA) is 58.6 Å². The molecule has 2 aromatic rings. The third-order valence-corrected chi connectivity index (χ3v) is 5.64. The predicted octanol–water partition coefficient (Wildman–Crippen LogP) is 5.03. The Morgan fingerprint density at radius 1 is 1.16 bits per heavy atom. The first-order valence-electron chi connectivity index (χ1n) is 10.6. The van der Waals surface area contributed by atoms with Crippen LogP contribution >= 0.6 is 15.9 Å². The van der Waals surface area contributed by atoms with Crippen LogP contribution in [0.2, 0.25) is 0 Å². The Balaban J connectivity index is 2.21. The highest BCUT2D eigenvalue weighted by molar-refractivity contribution is 9.10. The number of carbonyl (C=O) groups excluding carboxylic acids is 2. The monoisotopic (exact) mass is 488 g/mol. The second-order valence-corrected chi connectivity index (χ2v) is 9.62. The van der Waals surface area contributed by atoms with Gasteiger partial charge in [-0.3, -0.25) is 9.59 Å². The zero-order chi connectivity index (χ0) is 23.2. The molecule has 31 heavy (non-hydrogen) atoms. The van der Waals surface area contributed by atoms with Crippen molar-refractivity contribution in [2.45, 2.75) is 66.1 Å². The fourth-order valence-electron chi connectivity index (χ4n) is 3.13. The van der Waals surface area contributed by atoms with Crippen molar-refractivity contribution < 1.29 is 14.3 Å². The second kappa shape index (κ2) is 10.8. The highest BCUT2D eigenvalue weighted by Gasteiger charge is 2.29. The number of halogens is 1. The van der Waals surface area contributed by atoms with E-state index in [1.165, 1.54) is 5.56 Å². The summed E-state index contributed by atoms with van der Waals surface area (Å²) in [5.41, 5.74) is 2.87. The van der Waals surface area contributed by atoms with Gasteiger partial charge in [-0.1, -0.05) is 37.3 Å². The average Bonchev–Trinajstić information content (AvgIpc) is 2.70. The van der Waals surface area contributed by atoms with E-state index in [0.717, 1.165) is 22.0 Å². The minimum atomic E-state index is -0.638. The lowest BCUT2D eigenvalue weighted by molar-refractivity contribution is -0.142. The van der Waals surface area contributed by atoms with Gasteiger partial charge in [-0.15, -0.1) is 0 Å².